The van der Waals surface area contributed by atoms with Crippen LogP contribution in [0.5, 0.6) is 17.2 Å². The van der Waals surface area contributed by atoms with Gasteiger partial charge in [0.05, 0.1) is 50.1 Å². The summed E-state index contributed by atoms with van der Waals surface area (Å²) in [5, 5.41) is 3.89. The second-order valence-electron chi connectivity index (χ2n) is 15.4. The standard InChI is InChI=1S/C45H21Cl3F18N3O7P/c46-25-1-4-34(31(16-25)37(70)67-28-10-19(40(49,50)51)7-20(11-28)41(52,53)54)74-77(73,75-35-5-2-26(47)17-32(35)38(71)68-29-12-21(42(55,56)57)8-22(13-29)43(58,59)60)76-36-6-3-27(48)18-33(36)39(72)69-30-14-23(44(61,62)63)9-24(15-30)45(64,65)66/h1-18,73H,(H2-,67,68,69,70,71,72)/p+1. The van der Waals surface area contributed by atoms with Crippen LogP contribution in [0, 0.1) is 0 Å². The van der Waals surface area contributed by atoms with Crippen LogP contribution in [0.4, 0.5) is 96.1 Å². The zero-order valence-electron chi connectivity index (χ0n) is 36.7. The Balaban J connectivity index is 1.49. The van der Waals surface area contributed by atoms with Gasteiger partial charge in [0.25, 0.3) is 17.7 Å². The number of halogens is 21. The molecule has 4 N–H and O–H groups in total. The quantitative estimate of drug-likeness (QED) is 0.0708. The molecule has 0 atom stereocenters. The lowest BCUT2D eigenvalue weighted by Gasteiger charge is -2.20. The molecule has 0 heterocycles. The Hall–Kier alpha value is -6.87. The minimum atomic E-state index is -5.87. The number of nitrogens with one attached hydrogen (secondary N) is 3. The van der Waals surface area contributed by atoms with Crippen molar-refractivity contribution in [1.82, 2.24) is 0 Å². The molecule has 3 amide bonds. The molecule has 0 aromatic heterocycles. The van der Waals surface area contributed by atoms with Gasteiger partial charge in [0.1, 0.15) is 0 Å². The van der Waals surface area contributed by atoms with Crippen molar-refractivity contribution in [2.45, 2.75) is 37.1 Å². The molecule has 10 nitrogen and oxygen atoms in total. The van der Waals surface area contributed by atoms with Crippen molar-refractivity contribution in [3.63, 3.8) is 0 Å². The van der Waals surface area contributed by atoms with Crippen LogP contribution in [0.2, 0.25) is 15.1 Å². The largest absolute Gasteiger partial charge is 0.714 e. The van der Waals surface area contributed by atoms with Crippen molar-refractivity contribution in [2.75, 3.05) is 16.0 Å². The molecule has 0 aliphatic heterocycles. The van der Waals surface area contributed by atoms with Crippen LogP contribution in [-0.2, 0) is 37.1 Å². The monoisotopic (exact) mass is 1190 g/mol. The van der Waals surface area contributed by atoms with Gasteiger partial charge in [0.15, 0.2) is 17.2 Å². The van der Waals surface area contributed by atoms with Gasteiger partial charge in [0, 0.05) is 32.1 Å². The van der Waals surface area contributed by atoms with E-state index in [0.29, 0.717) is 36.4 Å². The molecule has 0 aliphatic rings. The molecule has 6 rings (SSSR count). The molecule has 0 saturated carbocycles. The Morgan fingerprint density at radius 3 is 0.727 bits per heavy atom. The first kappa shape index (κ1) is 59.4. The van der Waals surface area contributed by atoms with E-state index in [1.54, 1.807) is 16.0 Å². The van der Waals surface area contributed by atoms with E-state index in [-0.39, 0.29) is 54.6 Å². The van der Waals surface area contributed by atoms with E-state index < -0.39 is 162 Å². The number of benzene rings is 6. The fraction of sp³-hybridized carbons (Fsp3) is 0.133. The number of amides is 3. The lowest BCUT2D eigenvalue weighted by Crippen LogP contribution is -2.22. The van der Waals surface area contributed by atoms with E-state index in [1.807, 2.05) is 0 Å². The van der Waals surface area contributed by atoms with Crippen LogP contribution in [0.3, 0.4) is 0 Å². The van der Waals surface area contributed by atoms with Crippen LogP contribution < -0.4 is 29.5 Å². The third-order valence-electron chi connectivity index (χ3n) is 9.74. The van der Waals surface area contributed by atoms with E-state index in [0.717, 1.165) is 18.2 Å². The highest BCUT2D eigenvalue weighted by Crippen LogP contribution is 2.59. The molecule has 32 heteroatoms. The van der Waals surface area contributed by atoms with Crippen molar-refractivity contribution >= 4 is 77.8 Å². The van der Waals surface area contributed by atoms with Crippen LogP contribution in [0.1, 0.15) is 64.5 Å². The Labute approximate surface area is 433 Å². The van der Waals surface area contributed by atoms with Crippen LogP contribution >= 0.6 is 43.0 Å². The van der Waals surface area contributed by atoms with E-state index >= 15 is 0 Å². The fourth-order valence-electron chi connectivity index (χ4n) is 6.38. The number of carbonyl (C=O) groups is 3. The molecule has 410 valence electrons. The molecule has 0 unspecified atom stereocenters. The Bertz CT molecular complexity index is 2840. The van der Waals surface area contributed by atoms with Crippen molar-refractivity contribution in [2.24, 2.45) is 0 Å². The minimum absolute atomic E-state index is 0.0700. The lowest BCUT2D eigenvalue weighted by atomic mass is 10.1. The first-order chi connectivity index (χ1) is 35.2. The van der Waals surface area contributed by atoms with Crippen molar-refractivity contribution in [3.8, 4) is 17.2 Å². The molecule has 0 radical (unpaired) electrons. The van der Waals surface area contributed by atoms with E-state index in [9.17, 15) is 98.3 Å². The molecule has 0 aliphatic carbocycles. The summed E-state index contributed by atoms with van der Waals surface area (Å²) in [7, 11) is -5.87. The smallest absolute Gasteiger partial charge is 0.322 e. The van der Waals surface area contributed by atoms with Crippen molar-refractivity contribution < 1.29 is 112 Å². The summed E-state index contributed by atoms with van der Waals surface area (Å²) in [5.41, 5.74) is -18.1. The number of hydrogen-bond donors (Lipinski definition) is 4. The van der Waals surface area contributed by atoms with Gasteiger partial charge in [0.2, 0.25) is 0 Å². The Kier molecular flexibility index (Phi) is 16.6. The zero-order valence-corrected chi connectivity index (χ0v) is 39.8. The highest BCUT2D eigenvalue weighted by molar-refractivity contribution is 7.56. The van der Waals surface area contributed by atoms with E-state index in [4.69, 9.17) is 48.4 Å². The summed E-state index contributed by atoms with van der Waals surface area (Å²) < 4.78 is 264. The van der Waals surface area contributed by atoms with Gasteiger partial charge in [-0.25, -0.2) is 13.6 Å². The molecule has 0 bridgehead atoms. The average molecular weight is 1200 g/mol. The summed E-state index contributed by atoms with van der Waals surface area (Å²) in [4.78, 5) is 53.7. The topological polar surface area (TPSA) is 135 Å². The summed E-state index contributed by atoms with van der Waals surface area (Å²) in [5.74, 6) is -8.26. The fourth-order valence-corrected chi connectivity index (χ4v) is 8.23. The molecular weight excluding hydrogens is 1170 g/mol. The predicted octanol–water partition coefficient (Wildman–Crippen LogP) is 16.7. The summed E-state index contributed by atoms with van der Waals surface area (Å²) >= 11 is 18.2. The number of anilines is 3. The zero-order chi connectivity index (χ0) is 57.6. The number of rotatable bonds is 12. The van der Waals surface area contributed by atoms with Gasteiger partial charge in [-0.15, -0.1) is 4.89 Å². The molecule has 0 fully saturated rings. The summed E-state index contributed by atoms with van der Waals surface area (Å²) in [6.45, 7) is 0. The summed E-state index contributed by atoms with van der Waals surface area (Å²) in [6, 6.07) is 6.03. The Morgan fingerprint density at radius 2 is 0.545 bits per heavy atom. The maximum atomic E-state index is 13.8. The number of carbonyl (C=O) groups excluding carboxylic acids is 3. The van der Waals surface area contributed by atoms with Gasteiger partial charge < -0.3 is 16.0 Å². The van der Waals surface area contributed by atoms with E-state index in [1.165, 1.54) is 0 Å². The lowest BCUT2D eigenvalue weighted by molar-refractivity contribution is -0.144. The first-order valence-corrected chi connectivity index (χ1v) is 22.7. The number of hydrogen-bond acceptors (Lipinski definition) is 7. The molecule has 6 aromatic carbocycles. The van der Waals surface area contributed by atoms with Gasteiger partial charge in [-0.1, -0.05) is 34.8 Å². The van der Waals surface area contributed by atoms with Gasteiger partial charge in [-0.2, -0.15) is 79.0 Å². The van der Waals surface area contributed by atoms with Crippen LogP contribution in [0.25, 0.3) is 0 Å². The summed E-state index contributed by atoms with van der Waals surface area (Å²) in [6.07, 6.45) is -32.6. The SMILES string of the molecule is O=C(Nc1cc(C(F)(F)F)cc(C(F)(F)F)c1)c1cc(Cl)ccc1O[P+](O)(Oc1ccc(Cl)cc1C(=O)Nc1cc(C(F)(F)F)cc(C(F)(F)F)c1)Oc1ccc(Cl)cc1C(=O)Nc1cc(C(F)(F)F)cc(C(F)(F)F)c1. The van der Waals surface area contributed by atoms with Gasteiger partial charge in [-0.05, 0) is 109 Å². The minimum Gasteiger partial charge on any atom is -0.322 e. The third-order valence-corrected chi connectivity index (χ3v) is 11.7. The van der Waals surface area contributed by atoms with Crippen molar-refractivity contribution in [1.29, 1.82) is 0 Å². The average Bonchev–Trinajstić information content (AvgIpc) is 3.28. The third kappa shape index (κ3) is 15.2. The normalized spacial score (nSPS) is 12.7. The maximum absolute atomic E-state index is 13.8. The number of alkyl halides is 18. The highest BCUT2D eigenvalue weighted by atomic mass is 35.5. The van der Waals surface area contributed by atoms with Crippen molar-refractivity contribution in [3.05, 3.63) is 174 Å². The maximum Gasteiger partial charge on any atom is 0.714 e. The molecule has 0 spiro atoms. The predicted molar refractivity (Wildman–Crippen MR) is 239 cm³/mol. The molecule has 6 aromatic rings. The molecule has 0 saturated heterocycles. The van der Waals surface area contributed by atoms with Crippen LogP contribution in [0.15, 0.2) is 109 Å². The molecule has 77 heavy (non-hydrogen) atoms. The molecular formula is C45H22Cl3F18N3O7P+. The second-order valence-corrected chi connectivity index (χ2v) is 18.2. The first-order valence-electron chi connectivity index (χ1n) is 20.1. The second kappa shape index (κ2) is 21.5. The van der Waals surface area contributed by atoms with E-state index in [2.05, 4.69) is 0 Å². The highest BCUT2D eigenvalue weighted by Gasteiger charge is 2.53. The van der Waals surface area contributed by atoms with Gasteiger partial charge >= 0.3 is 45.2 Å². The Morgan fingerprint density at radius 1 is 0.351 bits per heavy atom. The van der Waals surface area contributed by atoms with Gasteiger partial charge in [-0.3, -0.25) is 14.4 Å². The van der Waals surface area contributed by atoms with Crippen LogP contribution in [-0.4, -0.2) is 22.6 Å².